The Morgan fingerprint density at radius 1 is 1.23 bits per heavy atom. The molecule has 8 nitrogen and oxygen atoms in total. The van der Waals surface area contributed by atoms with E-state index in [2.05, 4.69) is 31.2 Å². The molecule has 1 aromatic carbocycles. The highest BCUT2D eigenvalue weighted by molar-refractivity contribution is 14.0. The van der Waals surface area contributed by atoms with E-state index in [-0.39, 0.29) is 48.1 Å². The van der Waals surface area contributed by atoms with Crippen molar-refractivity contribution < 1.29 is 9.59 Å². The summed E-state index contributed by atoms with van der Waals surface area (Å²) in [7, 11) is 1.67. The molecule has 9 heteroatoms. The van der Waals surface area contributed by atoms with Crippen LogP contribution in [0.1, 0.15) is 29.9 Å². The Hall–Kier alpha value is -2.69. The van der Waals surface area contributed by atoms with Crippen molar-refractivity contribution in [1.82, 2.24) is 15.6 Å². The molecule has 0 radical (unpaired) electrons. The SMILES string of the molecule is CN=C(NCCC(=O)Nc1ccc(C)cn1)NCC1CC(=O)Nc2ccccc21.I. The van der Waals surface area contributed by atoms with Crippen LogP contribution in [0, 0.1) is 6.92 Å². The normalized spacial score (nSPS) is 15.3. The summed E-state index contributed by atoms with van der Waals surface area (Å²) in [6, 6.07) is 11.5. The van der Waals surface area contributed by atoms with E-state index in [0.29, 0.717) is 31.3 Å². The first kappa shape index (κ1) is 23.6. The van der Waals surface area contributed by atoms with Gasteiger partial charge in [0.15, 0.2) is 5.96 Å². The van der Waals surface area contributed by atoms with E-state index in [9.17, 15) is 9.59 Å². The highest BCUT2D eigenvalue weighted by atomic mass is 127. The van der Waals surface area contributed by atoms with Crippen molar-refractivity contribution in [3.63, 3.8) is 0 Å². The number of nitrogens with one attached hydrogen (secondary N) is 4. The summed E-state index contributed by atoms with van der Waals surface area (Å²) < 4.78 is 0. The maximum absolute atomic E-state index is 12.1. The van der Waals surface area contributed by atoms with E-state index in [0.717, 1.165) is 16.8 Å². The lowest BCUT2D eigenvalue weighted by atomic mass is 9.90. The maximum Gasteiger partial charge on any atom is 0.227 e. The van der Waals surface area contributed by atoms with Crippen molar-refractivity contribution in [2.75, 3.05) is 30.8 Å². The second-order valence-corrected chi connectivity index (χ2v) is 6.94. The molecule has 2 heterocycles. The zero-order valence-corrected chi connectivity index (χ0v) is 19.4. The van der Waals surface area contributed by atoms with Crippen molar-refractivity contribution in [2.24, 2.45) is 4.99 Å². The molecule has 2 aromatic rings. The van der Waals surface area contributed by atoms with Gasteiger partial charge in [0, 0.05) is 50.8 Å². The van der Waals surface area contributed by atoms with Gasteiger partial charge in [-0.25, -0.2) is 4.98 Å². The zero-order chi connectivity index (χ0) is 20.6. The lowest BCUT2D eigenvalue weighted by molar-refractivity contribution is -0.117. The number of carbonyl (C=O) groups excluding carboxylic acids is 2. The highest BCUT2D eigenvalue weighted by Gasteiger charge is 2.24. The van der Waals surface area contributed by atoms with Gasteiger partial charge in [0.25, 0.3) is 0 Å². The number of hydrogen-bond acceptors (Lipinski definition) is 4. The molecule has 2 amide bonds. The maximum atomic E-state index is 12.1. The number of aromatic nitrogens is 1. The molecule has 160 valence electrons. The summed E-state index contributed by atoms with van der Waals surface area (Å²) in [6.45, 7) is 2.95. The molecular weight excluding hydrogens is 495 g/mol. The summed E-state index contributed by atoms with van der Waals surface area (Å²) in [4.78, 5) is 32.3. The fourth-order valence-electron chi connectivity index (χ4n) is 3.17. The minimum atomic E-state index is -0.123. The van der Waals surface area contributed by atoms with Gasteiger partial charge in [-0.05, 0) is 30.2 Å². The average molecular weight is 522 g/mol. The van der Waals surface area contributed by atoms with Crippen LogP contribution in [0.3, 0.4) is 0 Å². The lowest BCUT2D eigenvalue weighted by Crippen LogP contribution is -2.41. The predicted molar refractivity (Wildman–Crippen MR) is 129 cm³/mol. The zero-order valence-electron chi connectivity index (χ0n) is 17.1. The van der Waals surface area contributed by atoms with Crippen LogP contribution in [-0.4, -0.2) is 42.9 Å². The fraction of sp³-hybridized carbons (Fsp3) is 0.333. The van der Waals surface area contributed by atoms with Crippen molar-refractivity contribution in [1.29, 1.82) is 0 Å². The molecule has 0 saturated carbocycles. The Morgan fingerprint density at radius 2 is 2.03 bits per heavy atom. The number of aliphatic imine (C=N–C) groups is 1. The second kappa shape index (κ2) is 11.5. The van der Waals surface area contributed by atoms with Crippen molar-refractivity contribution >= 4 is 53.3 Å². The number of carbonyl (C=O) groups is 2. The Kier molecular flexibility index (Phi) is 9.03. The van der Waals surface area contributed by atoms with E-state index in [1.807, 2.05) is 37.3 Å². The van der Waals surface area contributed by atoms with Gasteiger partial charge in [-0.15, -0.1) is 24.0 Å². The molecule has 0 fully saturated rings. The molecule has 4 N–H and O–H groups in total. The number of pyridine rings is 1. The van der Waals surface area contributed by atoms with Gasteiger partial charge in [0.05, 0.1) is 0 Å². The van der Waals surface area contributed by atoms with Gasteiger partial charge < -0.3 is 21.3 Å². The van der Waals surface area contributed by atoms with Gasteiger partial charge in [-0.2, -0.15) is 0 Å². The van der Waals surface area contributed by atoms with Crippen LogP contribution < -0.4 is 21.3 Å². The number of anilines is 2. The van der Waals surface area contributed by atoms with Crippen LogP contribution in [0.25, 0.3) is 0 Å². The number of fused-ring (bicyclic) bond motifs is 1. The van der Waals surface area contributed by atoms with E-state index >= 15 is 0 Å². The van der Waals surface area contributed by atoms with Crippen LogP contribution >= 0.6 is 24.0 Å². The summed E-state index contributed by atoms with van der Waals surface area (Å²) in [5.74, 6) is 1.09. The van der Waals surface area contributed by atoms with E-state index in [4.69, 9.17) is 0 Å². The smallest absolute Gasteiger partial charge is 0.227 e. The largest absolute Gasteiger partial charge is 0.356 e. The van der Waals surface area contributed by atoms with Gasteiger partial charge in [0.1, 0.15) is 5.82 Å². The fourth-order valence-corrected chi connectivity index (χ4v) is 3.17. The Balaban J connectivity index is 0.00000320. The molecule has 0 aliphatic carbocycles. The minimum Gasteiger partial charge on any atom is -0.356 e. The van der Waals surface area contributed by atoms with Gasteiger partial charge >= 0.3 is 0 Å². The van der Waals surface area contributed by atoms with E-state index in [1.165, 1.54) is 0 Å². The minimum absolute atomic E-state index is 0. The number of aryl methyl sites for hydroxylation is 1. The first-order valence-corrected chi connectivity index (χ1v) is 9.61. The monoisotopic (exact) mass is 522 g/mol. The van der Waals surface area contributed by atoms with Crippen molar-refractivity contribution in [2.45, 2.75) is 25.7 Å². The number of rotatable bonds is 6. The predicted octanol–water partition coefficient (Wildman–Crippen LogP) is 2.63. The quantitative estimate of drug-likeness (QED) is 0.265. The number of hydrogen-bond donors (Lipinski definition) is 4. The van der Waals surface area contributed by atoms with Crippen LogP contribution in [0.2, 0.25) is 0 Å². The first-order valence-electron chi connectivity index (χ1n) is 9.61. The molecule has 0 bridgehead atoms. The van der Waals surface area contributed by atoms with E-state index in [1.54, 1.807) is 19.3 Å². The molecule has 1 aliphatic rings. The van der Waals surface area contributed by atoms with Gasteiger partial charge in [0.2, 0.25) is 11.8 Å². The molecule has 1 unspecified atom stereocenters. The third kappa shape index (κ3) is 6.68. The Morgan fingerprint density at radius 3 is 2.77 bits per heavy atom. The summed E-state index contributed by atoms with van der Waals surface area (Å²) in [5.41, 5.74) is 3.01. The van der Waals surface area contributed by atoms with Crippen LogP contribution in [0.5, 0.6) is 0 Å². The molecule has 1 aliphatic heterocycles. The molecule has 30 heavy (non-hydrogen) atoms. The Labute approximate surface area is 193 Å². The molecule has 1 atom stereocenters. The number of guanidine groups is 1. The summed E-state index contributed by atoms with van der Waals surface area (Å²) in [5, 5.41) is 12.0. The van der Waals surface area contributed by atoms with Gasteiger partial charge in [-0.1, -0.05) is 24.3 Å². The standard InChI is InChI=1S/C21H26N6O2.HI/c1-14-7-8-18(24-12-14)27-19(28)9-10-23-21(22-2)25-13-15-11-20(29)26-17-6-4-3-5-16(15)17;/h3-8,12,15H,9-11,13H2,1-2H3,(H,26,29)(H2,22,23,25)(H,24,27,28);1H. The third-order valence-corrected chi connectivity index (χ3v) is 4.67. The summed E-state index contributed by atoms with van der Waals surface area (Å²) in [6.07, 6.45) is 2.42. The van der Waals surface area contributed by atoms with E-state index < -0.39 is 0 Å². The van der Waals surface area contributed by atoms with Crippen LogP contribution in [0.4, 0.5) is 11.5 Å². The van der Waals surface area contributed by atoms with Crippen molar-refractivity contribution in [3.8, 4) is 0 Å². The number of amides is 2. The third-order valence-electron chi connectivity index (χ3n) is 4.67. The molecule has 3 rings (SSSR count). The highest BCUT2D eigenvalue weighted by Crippen LogP contribution is 2.31. The van der Waals surface area contributed by atoms with Crippen LogP contribution in [0.15, 0.2) is 47.6 Å². The van der Waals surface area contributed by atoms with Crippen molar-refractivity contribution in [3.05, 3.63) is 53.7 Å². The topological polar surface area (TPSA) is 108 Å². The Bertz CT molecular complexity index is 901. The number of nitrogens with zero attached hydrogens (tertiary/aromatic N) is 2. The molecule has 1 aromatic heterocycles. The molecule has 0 saturated heterocycles. The number of benzene rings is 1. The second-order valence-electron chi connectivity index (χ2n) is 6.94. The number of para-hydroxylation sites is 1. The van der Waals surface area contributed by atoms with Gasteiger partial charge in [-0.3, -0.25) is 14.6 Å². The average Bonchev–Trinajstić information content (AvgIpc) is 2.72. The number of halogens is 1. The lowest BCUT2D eigenvalue weighted by Gasteiger charge is -2.26. The van der Waals surface area contributed by atoms with Crippen LogP contribution in [-0.2, 0) is 9.59 Å². The molecule has 0 spiro atoms. The summed E-state index contributed by atoms with van der Waals surface area (Å²) >= 11 is 0. The first-order chi connectivity index (χ1) is 14.0. The molecular formula is C21H27IN6O2.